The van der Waals surface area contributed by atoms with E-state index in [4.69, 9.17) is 0 Å². The topological polar surface area (TPSA) is 37.8 Å². The average molecular weight is 255 g/mol. The molecule has 2 rings (SSSR count). The summed E-state index contributed by atoms with van der Waals surface area (Å²) in [6.45, 7) is 1.77. The molecular formula is C11H11F2N3S. The summed E-state index contributed by atoms with van der Waals surface area (Å²) in [6.07, 6.45) is 0. The first-order valence-corrected chi connectivity index (χ1v) is 5.82. The summed E-state index contributed by atoms with van der Waals surface area (Å²) in [5.74, 6) is -1.14. The van der Waals surface area contributed by atoms with Crippen molar-refractivity contribution in [1.82, 2.24) is 14.9 Å². The SMILES string of the molecule is CNC(c1snnc1C)c1c(F)cccc1F. The van der Waals surface area contributed by atoms with Gasteiger partial charge in [0, 0.05) is 5.56 Å². The molecule has 1 aromatic heterocycles. The fourth-order valence-corrected chi connectivity index (χ4v) is 2.46. The van der Waals surface area contributed by atoms with Crippen LogP contribution in [0.15, 0.2) is 18.2 Å². The Balaban J connectivity index is 2.53. The molecule has 2 aromatic rings. The van der Waals surface area contributed by atoms with Gasteiger partial charge in [-0.1, -0.05) is 10.6 Å². The molecule has 0 aliphatic carbocycles. The summed E-state index contributed by atoms with van der Waals surface area (Å²) in [5, 5.41) is 6.75. The zero-order valence-corrected chi connectivity index (χ0v) is 10.2. The van der Waals surface area contributed by atoms with Gasteiger partial charge in [-0.05, 0) is 37.6 Å². The minimum atomic E-state index is -0.572. The van der Waals surface area contributed by atoms with Crippen molar-refractivity contribution in [2.45, 2.75) is 13.0 Å². The van der Waals surface area contributed by atoms with E-state index < -0.39 is 17.7 Å². The standard InChI is InChI=1S/C11H11F2N3S/c1-6-11(17-16-15-6)10(14-2)9-7(12)4-3-5-8(9)13/h3-5,10,14H,1-2H3. The lowest BCUT2D eigenvalue weighted by Crippen LogP contribution is -2.20. The van der Waals surface area contributed by atoms with Gasteiger partial charge < -0.3 is 5.32 Å². The molecule has 0 radical (unpaired) electrons. The van der Waals surface area contributed by atoms with Crippen LogP contribution in [-0.4, -0.2) is 16.6 Å². The van der Waals surface area contributed by atoms with Crippen molar-refractivity contribution < 1.29 is 8.78 Å². The molecule has 1 aromatic carbocycles. The summed E-state index contributed by atoms with van der Waals surface area (Å²) < 4.78 is 31.2. The van der Waals surface area contributed by atoms with Crippen molar-refractivity contribution in [3.05, 3.63) is 46.0 Å². The fraction of sp³-hybridized carbons (Fsp3) is 0.273. The first-order chi connectivity index (χ1) is 8.15. The van der Waals surface area contributed by atoms with E-state index in [2.05, 4.69) is 14.9 Å². The van der Waals surface area contributed by atoms with E-state index in [-0.39, 0.29) is 5.56 Å². The predicted molar refractivity (Wildman–Crippen MR) is 61.9 cm³/mol. The molecular weight excluding hydrogens is 244 g/mol. The zero-order valence-electron chi connectivity index (χ0n) is 9.37. The molecule has 3 nitrogen and oxygen atoms in total. The summed E-state index contributed by atoms with van der Waals surface area (Å²) in [5.41, 5.74) is 0.682. The highest BCUT2D eigenvalue weighted by molar-refractivity contribution is 7.05. The Morgan fingerprint density at radius 2 is 1.94 bits per heavy atom. The Labute approximate surface area is 102 Å². The van der Waals surface area contributed by atoms with Crippen LogP contribution < -0.4 is 5.32 Å². The maximum atomic E-state index is 13.7. The molecule has 0 saturated carbocycles. The van der Waals surface area contributed by atoms with Crippen molar-refractivity contribution >= 4 is 11.5 Å². The van der Waals surface area contributed by atoms with Crippen molar-refractivity contribution in [2.75, 3.05) is 7.05 Å². The monoisotopic (exact) mass is 255 g/mol. The molecule has 1 heterocycles. The third-order valence-corrected chi connectivity index (χ3v) is 3.42. The zero-order chi connectivity index (χ0) is 12.4. The number of aromatic nitrogens is 2. The molecule has 0 saturated heterocycles. The second kappa shape index (κ2) is 4.85. The van der Waals surface area contributed by atoms with E-state index >= 15 is 0 Å². The maximum absolute atomic E-state index is 13.7. The molecule has 0 amide bonds. The Hall–Kier alpha value is -1.40. The number of nitrogens with zero attached hydrogens (tertiary/aromatic N) is 2. The van der Waals surface area contributed by atoms with Crippen LogP contribution in [0.25, 0.3) is 0 Å². The fourth-order valence-electron chi connectivity index (χ4n) is 1.70. The van der Waals surface area contributed by atoms with E-state index in [0.29, 0.717) is 5.69 Å². The van der Waals surface area contributed by atoms with E-state index in [9.17, 15) is 8.78 Å². The highest BCUT2D eigenvalue weighted by Crippen LogP contribution is 2.29. The summed E-state index contributed by atoms with van der Waals surface area (Å²) in [6, 6.07) is 3.27. The molecule has 0 aliphatic rings. The van der Waals surface area contributed by atoms with Gasteiger partial charge in [-0.15, -0.1) is 5.10 Å². The van der Waals surface area contributed by atoms with E-state index in [0.717, 1.165) is 16.4 Å². The molecule has 0 spiro atoms. The lowest BCUT2D eigenvalue weighted by molar-refractivity contribution is 0.524. The maximum Gasteiger partial charge on any atom is 0.131 e. The molecule has 0 fully saturated rings. The summed E-state index contributed by atoms with van der Waals surface area (Å²) in [7, 11) is 1.65. The Morgan fingerprint density at radius 1 is 1.29 bits per heavy atom. The van der Waals surface area contributed by atoms with Gasteiger partial charge in [0.15, 0.2) is 0 Å². The Bertz CT molecular complexity index is 507. The lowest BCUT2D eigenvalue weighted by atomic mass is 10.0. The van der Waals surface area contributed by atoms with Gasteiger partial charge in [0.1, 0.15) is 11.6 Å². The Kier molecular flexibility index (Phi) is 3.44. The van der Waals surface area contributed by atoms with Gasteiger partial charge in [-0.3, -0.25) is 0 Å². The quantitative estimate of drug-likeness (QED) is 0.915. The van der Waals surface area contributed by atoms with Crippen LogP contribution in [0.4, 0.5) is 8.78 Å². The predicted octanol–water partition coefficient (Wildman–Crippen LogP) is 2.43. The van der Waals surface area contributed by atoms with Gasteiger partial charge in [0.2, 0.25) is 0 Å². The number of nitrogens with one attached hydrogen (secondary N) is 1. The van der Waals surface area contributed by atoms with Crippen LogP contribution in [0.5, 0.6) is 0 Å². The molecule has 6 heteroatoms. The highest BCUT2D eigenvalue weighted by Gasteiger charge is 2.23. The van der Waals surface area contributed by atoms with Crippen molar-refractivity contribution in [3.8, 4) is 0 Å². The number of halogens is 2. The molecule has 17 heavy (non-hydrogen) atoms. The number of benzene rings is 1. The molecule has 0 aliphatic heterocycles. The lowest BCUT2D eigenvalue weighted by Gasteiger charge is -2.16. The van der Waals surface area contributed by atoms with Crippen molar-refractivity contribution in [1.29, 1.82) is 0 Å². The van der Waals surface area contributed by atoms with E-state index in [1.54, 1.807) is 14.0 Å². The Morgan fingerprint density at radius 3 is 2.41 bits per heavy atom. The minimum Gasteiger partial charge on any atom is -0.308 e. The smallest absolute Gasteiger partial charge is 0.131 e. The van der Waals surface area contributed by atoms with Crippen molar-refractivity contribution in [2.24, 2.45) is 0 Å². The number of aryl methyl sites for hydroxylation is 1. The van der Waals surface area contributed by atoms with Crippen LogP contribution in [0.1, 0.15) is 22.2 Å². The third kappa shape index (κ3) is 2.18. The molecule has 1 atom stereocenters. The summed E-state index contributed by atoms with van der Waals surface area (Å²) >= 11 is 1.14. The number of rotatable bonds is 3. The second-order valence-electron chi connectivity index (χ2n) is 3.58. The van der Waals surface area contributed by atoms with Gasteiger partial charge in [-0.25, -0.2) is 8.78 Å². The first kappa shape index (κ1) is 12.1. The molecule has 1 unspecified atom stereocenters. The van der Waals surface area contributed by atoms with Gasteiger partial charge in [-0.2, -0.15) is 0 Å². The van der Waals surface area contributed by atoms with Crippen molar-refractivity contribution in [3.63, 3.8) is 0 Å². The number of hydrogen-bond acceptors (Lipinski definition) is 4. The van der Waals surface area contributed by atoms with Crippen LogP contribution >= 0.6 is 11.5 Å². The van der Waals surface area contributed by atoms with Crippen LogP contribution in [0.2, 0.25) is 0 Å². The van der Waals surface area contributed by atoms with Gasteiger partial charge >= 0.3 is 0 Å². The van der Waals surface area contributed by atoms with E-state index in [1.807, 2.05) is 0 Å². The molecule has 1 N–H and O–H groups in total. The average Bonchev–Trinajstić information content (AvgIpc) is 2.70. The normalized spacial score (nSPS) is 12.7. The highest BCUT2D eigenvalue weighted by atomic mass is 32.1. The van der Waals surface area contributed by atoms with Gasteiger partial charge in [0.25, 0.3) is 0 Å². The number of hydrogen-bond donors (Lipinski definition) is 1. The largest absolute Gasteiger partial charge is 0.308 e. The molecule has 0 bridgehead atoms. The molecule has 90 valence electrons. The summed E-state index contributed by atoms with van der Waals surface area (Å²) in [4.78, 5) is 0.719. The van der Waals surface area contributed by atoms with Crippen LogP contribution in [-0.2, 0) is 0 Å². The third-order valence-electron chi connectivity index (χ3n) is 2.53. The van der Waals surface area contributed by atoms with Crippen LogP contribution in [0.3, 0.4) is 0 Å². The van der Waals surface area contributed by atoms with E-state index in [1.165, 1.54) is 18.2 Å². The van der Waals surface area contributed by atoms with Gasteiger partial charge in [0.05, 0.1) is 16.6 Å². The minimum absolute atomic E-state index is 0.00384. The second-order valence-corrected chi connectivity index (χ2v) is 4.37. The first-order valence-electron chi connectivity index (χ1n) is 5.05. The van der Waals surface area contributed by atoms with Crippen LogP contribution in [0, 0.1) is 18.6 Å².